The van der Waals surface area contributed by atoms with E-state index < -0.39 is 23.5 Å². The summed E-state index contributed by atoms with van der Waals surface area (Å²) in [7, 11) is 1.47. The lowest BCUT2D eigenvalue weighted by atomic mass is 10.1. The summed E-state index contributed by atoms with van der Waals surface area (Å²) in [5, 5.41) is 12.7. The van der Waals surface area contributed by atoms with Gasteiger partial charge < -0.3 is 15.2 Å². The SMILES string of the molecule is COc1ccc(C(C)Nc2cc(F)c(F)c(F)c2)c(O)c1. The van der Waals surface area contributed by atoms with E-state index in [1.54, 1.807) is 19.1 Å². The molecule has 2 aromatic carbocycles. The summed E-state index contributed by atoms with van der Waals surface area (Å²) in [5.74, 6) is -3.59. The summed E-state index contributed by atoms with van der Waals surface area (Å²) in [5.41, 5.74) is 0.593. The molecule has 0 saturated heterocycles. The zero-order valence-electron chi connectivity index (χ0n) is 11.5. The van der Waals surface area contributed by atoms with Crippen molar-refractivity contribution >= 4 is 5.69 Å². The van der Waals surface area contributed by atoms with E-state index in [9.17, 15) is 18.3 Å². The summed E-state index contributed by atoms with van der Waals surface area (Å²) in [6.45, 7) is 1.70. The minimum Gasteiger partial charge on any atom is -0.507 e. The van der Waals surface area contributed by atoms with Crippen molar-refractivity contribution < 1.29 is 23.0 Å². The van der Waals surface area contributed by atoms with Gasteiger partial charge in [0.1, 0.15) is 11.5 Å². The van der Waals surface area contributed by atoms with Crippen LogP contribution in [0.1, 0.15) is 18.5 Å². The largest absolute Gasteiger partial charge is 0.507 e. The predicted octanol–water partition coefficient (Wildman–Crippen LogP) is 3.99. The molecule has 112 valence electrons. The quantitative estimate of drug-likeness (QED) is 0.838. The molecule has 0 fully saturated rings. The number of nitrogens with one attached hydrogen (secondary N) is 1. The first-order valence-electron chi connectivity index (χ1n) is 6.20. The molecule has 0 radical (unpaired) electrons. The molecule has 2 N–H and O–H groups in total. The fourth-order valence-electron chi connectivity index (χ4n) is 1.98. The minimum atomic E-state index is -1.51. The van der Waals surface area contributed by atoms with Gasteiger partial charge in [0.15, 0.2) is 17.5 Å². The Balaban J connectivity index is 2.23. The van der Waals surface area contributed by atoms with E-state index in [2.05, 4.69) is 5.32 Å². The van der Waals surface area contributed by atoms with Crippen molar-refractivity contribution in [3.8, 4) is 11.5 Å². The van der Waals surface area contributed by atoms with E-state index in [-0.39, 0.29) is 11.4 Å². The number of benzene rings is 2. The Bertz CT molecular complexity index is 638. The maximum absolute atomic E-state index is 13.1. The molecule has 2 rings (SSSR count). The van der Waals surface area contributed by atoms with Gasteiger partial charge in [-0.25, -0.2) is 13.2 Å². The summed E-state index contributed by atoms with van der Waals surface area (Å²) in [6, 6.07) is 5.98. The predicted molar refractivity (Wildman–Crippen MR) is 73.0 cm³/mol. The molecule has 21 heavy (non-hydrogen) atoms. The Morgan fingerprint density at radius 3 is 2.24 bits per heavy atom. The second kappa shape index (κ2) is 5.95. The number of aromatic hydroxyl groups is 1. The molecule has 0 heterocycles. The standard InChI is InChI=1S/C15H14F3NO2/c1-8(11-4-3-10(21-2)7-14(11)20)19-9-5-12(16)15(18)13(17)6-9/h3-8,19-20H,1-2H3. The van der Waals surface area contributed by atoms with Crippen LogP contribution in [0.25, 0.3) is 0 Å². The van der Waals surface area contributed by atoms with Gasteiger partial charge in [-0.3, -0.25) is 0 Å². The first-order valence-corrected chi connectivity index (χ1v) is 6.20. The van der Waals surface area contributed by atoms with Crippen LogP contribution in [-0.4, -0.2) is 12.2 Å². The number of phenolic OH excluding ortho intramolecular Hbond substituents is 1. The lowest BCUT2D eigenvalue weighted by Gasteiger charge is -2.17. The Labute approximate surface area is 120 Å². The van der Waals surface area contributed by atoms with Crippen LogP contribution in [0.5, 0.6) is 11.5 Å². The molecule has 1 atom stereocenters. The number of ether oxygens (including phenoxy) is 1. The molecule has 0 spiro atoms. The van der Waals surface area contributed by atoms with E-state index in [0.717, 1.165) is 12.1 Å². The van der Waals surface area contributed by atoms with E-state index in [0.29, 0.717) is 11.3 Å². The normalized spacial score (nSPS) is 12.0. The fourth-order valence-corrected chi connectivity index (χ4v) is 1.98. The van der Waals surface area contributed by atoms with Crippen molar-refractivity contribution in [3.05, 3.63) is 53.3 Å². The van der Waals surface area contributed by atoms with Crippen molar-refractivity contribution in [3.63, 3.8) is 0 Å². The number of rotatable bonds is 4. The molecule has 3 nitrogen and oxygen atoms in total. The average Bonchev–Trinajstić information content (AvgIpc) is 2.44. The Morgan fingerprint density at radius 2 is 1.71 bits per heavy atom. The fraction of sp³-hybridized carbons (Fsp3) is 0.200. The molecule has 0 bridgehead atoms. The van der Waals surface area contributed by atoms with Gasteiger partial charge >= 0.3 is 0 Å². The van der Waals surface area contributed by atoms with Crippen molar-refractivity contribution in [2.45, 2.75) is 13.0 Å². The highest BCUT2D eigenvalue weighted by atomic mass is 19.2. The number of hydrogen-bond donors (Lipinski definition) is 2. The maximum atomic E-state index is 13.1. The van der Waals surface area contributed by atoms with Gasteiger partial charge in [0.25, 0.3) is 0 Å². The van der Waals surface area contributed by atoms with Crippen molar-refractivity contribution in [2.75, 3.05) is 12.4 Å². The summed E-state index contributed by atoms with van der Waals surface area (Å²) >= 11 is 0. The molecule has 0 aliphatic heterocycles. The van der Waals surface area contributed by atoms with Gasteiger partial charge in [0.2, 0.25) is 0 Å². The third-order valence-electron chi connectivity index (χ3n) is 3.07. The molecule has 1 unspecified atom stereocenters. The lowest BCUT2D eigenvalue weighted by molar-refractivity contribution is 0.406. The maximum Gasteiger partial charge on any atom is 0.194 e. The topological polar surface area (TPSA) is 41.5 Å². The van der Waals surface area contributed by atoms with Crippen LogP contribution in [0.15, 0.2) is 30.3 Å². The van der Waals surface area contributed by atoms with Crippen molar-refractivity contribution in [1.82, 2.24) is 0 Å². The highest BCUT2D eigenvalue weighted by molar-refractivity contribution is 5.49. The number of halogens is 3. The van der Waals surface area contributed by atoms with Crippen LogP contribution in [0.2, 0.25) is 0 Å². The molecule has 0 aromatic heterocycles. The second-order valence-electron chi connectivity index (χ2n) is 4.54. The highest BCUT2D eigenvalue weighted by Gasteiger charge is 2.15. The summed E-state index contributed by atoms with van der Waals surface area (Å²) in [4.78, 5) is 0. The van der Waals surface area contributed by atoms with E-state index in [1.165, 1.54) is 13.2 Å². The lowest BCUT2D eigenvalue weighted by Crippen LogP contribution is -2.08. The third kappa shape index (κ3) is 3.21. The molecule has 0 aliphatic carbocycles. The molecule has 2 aromatic rings. The third-order valence-corrected chi connectivity index (χ3v) is 3.07. The van der Waals surface area contributed by atoms with Crippen LogP contribution in [0.3, 0.4) is 0 Å². The zero-order chi connectivity index (χ0) is 15.6. The zero-order valence-corrected chi connectivity index (χ0v) is 11.5. The van der Waals surface area contributed by atoms with Crippen molar-refractivity contribution in [2.24, 2.45) is 0 Å². The number of methoxy groups -OCH3 is 1. The van der Waals surface area contributed by atoms with E-state index in [4.69, 9.17) is 4.74 Å². The smallest absolute Gasteiger partial charge is 0.194 e. The van der Waals surface area contributed by atoms with Crippen LogP contribution in [0.4, 0.5) is 18.9 Å². The van der Waals surface area contributed by atoms with Crippen molar-refractivity contribution in [1.29, 1.82) is 0 Å². The van der Waals surface area contributed by atoms with Gasteiger partial charge in [0, 0.05) is 29.4 Å². The van der Waals surface area contributed by atoms with Crippen LogP contribution >= 0.6 is 0 Å². The van der Waals surface area contributed by atoms with Crippen LogP contribution < -0.4 is 10.1 Å². The van der Waals surface area contributed by atoms with Gasteiger partial charge in [-0.15, -0.1) is 0 Å². The average molecular weight is 297 g/mol. The first kappa shape index (κ1) is 15.0. The monoisotopic (exact) mass is 297 g/mol. The summed E-state index contributed by atoms with van der Waals surface area (Å²) in [6.07, 6.45) is 0. The molecular weight excluding hydrogens is 283 g/mol. The number of phenols is 1. The number of hydrogen-bond acceptors (Lipinski definition) is 3. The van der Waals surface area contributed by atoms with Gasteiger partial charge in [-0.05, 0) is 19.1 Å². The Hall–Kier alpha value is -2.37. The van der Waals surface area contributed by atoms with Gasteiger partial charge in [-0.2, -0.15) is 0 Å². The van der Waals surface area contributed by atoms with Crippen LogP contribution in [0, 0.1) is 17.5 Å². The molecule has 0 saturated carbocycles. The second-order valence-corrected chi connectivity index (χ2v) is 4.54. The molecule has 0 amide bonds. The van der Waals surface area contributed by atoms with E-state index >= 15 is 0 Å². The Morgan fingerprint density at radius 1 is 1.10 bits per heavy atom. The molecule has 6 heteroatoms. The van der Waals surface area contributed by atoms with Gasteiger partial charge in [0.05, 0.1) is 13.2 Å². The minimum absolute atomic E-state index is 0.0163. The molecular formula is C15H14F3NO2. The van der Waals surface area contributed by atoms with Crippen LogP contribution in [-0.2, 0) is 0 Å². The summed E-state index contributed by atoms with van der Waals surface area (Å²) < 4.78 is 44.2. The molecule has 0 aliphatic rings. The van der Waals surface area contributed by atoms with Gasteiger partial charge in [-0.1, -0.05) is 0 Å². The first-order chi connectivity index (χ1) is 9.92. The Kier molecular flexibility index (Phi) is 4.26. The number of anilines is 1. The van der Waals surface area contributed by atoms with E-state index in [1.807, 2.05) is 0 Å². The highest BCUT2D eigenvalue weighted by Crippen LogP contribution is 2.30.